The van der Waals surface area contributed by atoms with Crippen LogP contribution in [0.4, 0.5) is 11.6 Å². The lowest BCUT2D eigenvalue weighted by Gasteiger charge is -2.13. The van der Waals surface area contributed by atoms with E-state index in [1.54, 1.807) is 0 Å². The molecule has 20 heavy (non-hydrogen) atoms. The van der Waals surface area contributed by atoms with Crippen molar-refractivity contribution in [3.63, 3.8) is 0 Å². The minimum atomic E-state index is 0.460. The van der Waals surface area contributed by atoms with Gasteiger partial charge in [0.15, 0.2) is 5.11 Å². The average molecular weight is 287 g/mol. The minimum absolute atomic E-state index is 0.460. The summed E-state index contributed by atoms with van der Waals surface area (Å²) in [6, 6.07) is 9.84. The molecular weight excluding hydrogens is 270 g/mol. The van der Waals surface area contributed by atoms with Crippen molar-refractivity contribution in [1.29, 1.82) is 0 Å². The van der Waals surface area contributed by atoms with E-state index in [1.807, 2.05) is 51.1 Å². The van der Waals surface area contributed by atoms with E-state index < -0.39 is 0 Å². The molecule has 3 N–H and O–H groups in total. The molecule has 1 aromatic heterocycles. The Morgan fingerprint density at radius 2 is 1.70 bits per heavy atom. The number of thiocarbonyl (C=S) groups is 1. The van der Waals surface area contributed by atoms with Crippen molar-refractivity contribution < 1.29 is 0 Å². The molecule has 1 aromatic carbocycles. The Balaban J connectivity index is 1.94. The van der Waals surface area contributed by atoms with E-state index in [4.69, 9.17) is 12.2 Å². The molecule has 2 rings (SSSR count). The van der Waals surface area contributed by atoms with Crippen LogP contribution in [0.5, 0.6) is 0 Å². The minimum Gasteiger partial charge on any atom is -0.331 e. The fourth-order valence-corrected chi connectivity index (χ4v) is 1.92. The Bertz CT molecular complexity index is 606. The van der Waals surface area contributed by atoms with Crippen LogP contribution in [-0.2, 0) is 0 Å². The van der Waals surface area contributed by atoms with E-state index in [0.29, 0.717) is 11.1 Å². The summed E-state index contributed by atoms with van der Waals surface area (Å²) in [6.45, 7) is 5.86. The zero-order chi connectivity index (χ0) is 14.5. The first-order valence-electron chi connectivity index (χ1n) is 6.25. The van der Waals surface area contributed by atoms with Crippen LogP contribution in [0.1, 0.15) is 17.0 Å². The van der Waals surface area contributed by atoms with Crippen LogP contribution in [0.15, 0.2) is 30.3 Å². The molecule has 104 valence electrons. The second kappa shape index (κ2) is 6.29. The monoisotopic (exact) mass is 287 g/mol. The Morgan fingerprint density at radius 1 is 1.05 bits per heavy atom. The van der Waals surface area contributed by atoms with Gasteiger partial charge >= 0.3 is 0 Å². The molecule has 0 fully saturated rings. The zero-order valence-corrected chi connectivity index (χ0v) is 12.5. The fraction of sp³-hybridized carbons (Fsp3) is 0.214. The first-order valence-corrected chi connectivity index (χ1v) is 6.66. The quantitative estimate of drug-likeness (QED) is 0.596. The second-order valence-corrected chi connectivity index (χ2v) is 4.90. The molecule has 0 aliphatic carbocycles. The summed E-state index contributed by atoms with van der Waals surface area (Å²) >= 11 is 5.22. The highest BCUT2D eigenvalue weighted by molar-refractivity contribution is 7.80. The molecule has 0 aliphatic heterocycles. The van der Waals surface area contributed by atoms with Crippen LogP contribution in [0, 0.1) is 20.8 Å². The molecule has 2 aromatic rings. The van der Waals surface area contributed by atoms with Gasteiger partial charge in [-0.05, 0) is 50.7 Å². The van der Waals surface area contributed by atoms with E-state index in [1.165, 1.54) is 0 Å². The van der Waals surface area contributed by atoms with Crippen molar-refractivity contribution in [2.75, 3.05) is 10.7 Å². The van der Waals surface area contributed by atoms with Gasteiger partial charge in [-0.1, -0.05) is 18.2 Å². The molecule has 0 saturated carbocycles. The molecule has 5 nitrogen and oxygen atoms in total. The second-order valence-electron chi connectivity index (χ2n) is 4.49. The number of benzene rings is 1. The lowest BCUT2D eigenvalue weighted by Crippen LogP contribution is -2.34. The fourth-order valence-electron chi connectivity index (χ4n) is 1.76. The van der Waals surface area contributed by atoms with Crippen molar-refractivity contribution in [3.05, 3.63) is 47.3 Å². The van der Waals surface area contributed by atoms with Gasteiger partial charge in [0.25, 0.3) is 0 Å². The summed E-state index contributed by atoms with van der Waals surface area (Å²) < 4.78 is 0. The van der Waals surface area contributed by atoms with Gasteiger partial charge in [-0.3, -0.25) is 10.9 Å². The smallest absolute Gasteiger partial charge is 0.242 e. The van der Waals surface area contributed by atoms with Crippen LogP contribution >= 0.6 is 12.2 Å². The van der Waals surface area contributed by atoms with Crippen molar-refractivity contribution >= 4 is 29.0 Å². The van der Waals surface area contributed by atoms with Crippen molar-refractivity contribution in [2.24, 2.45) is 0 Å². The number of aryl methyl sites for hydroxylation is 3. The highest BCUT2D eigenvalue weighted by Gasteiger charge is 2.02. The van der Waals surface area contributed by atoms with Crippen LogP contribution in [0.2, 0.25) is 0 Å². The predicted molar refractivity (Wildman–Crippen MR) is 85.7 cm³/mol. The number of hydrogen-bond acceptors (Lipinski definition) is 4. The topological polar surface area (TPSA) is 61.9 Å². The lowest BCUT2D eigenvalue weighted by molar-refractivity contribution is 0.991. The molecule has 0 radical (unpaired) electrons. The summed E-state index contributed by atoms with van der Waals surface area (Å²) in [5.41, 5.74) is 9.66. The predicted octanol–water partition coefficient (Wildman–Crippen LogP) is 2.72. The Morgan fingerprint density at radius 3 is 2.35 bits per heavy atom. The van der Waals surface area contributed by atoms with E-state index in [9.17, 15) is 0 Å². The van der Waals surface area contributed by atoms with Crippen LogP contribution < -0.4 is 16.2 Å². The summed E-state index contributed by atoms with van der Waals surface area (Å²) in [5, 5.41) is 3.57. The summed E-state index contributed by atoms with van der Waals surface area (Å²) in [4.78, 5) is 8.52. The Labute approximate surface area is 123 Å². The SMILES string of the molecule is Cc1cc(C)nc(NNC(=S)Nc2ccccc2C)n1. The standard InChI is InChI=1S/C14H17N5S/c1-9-6-4-5-7-12(9)17-14(20)19-18-13-15-10(2)8-11(3)16-13/h4-8H,1-3H3,(H,15,16,18)(H2,17,19,20). The van der Waals surface area contributed by atoms with Gasteiger partial charge in [0.2, 0.25) is 5.95 Å². The van der Waals surface area contributed by atoms with Crippen LogP contribution in [-0.4, -0.2) is 15.1 Å². The van der Waals surface area contributed by atoms with Gasteiger partial charge in [0.1, 0.15) is 0 Å². The molecular formula is C14H17N5S. The molecule has 0 atom stereocenters. The van der Waals surface area contributed by atoms with Gasteiger partial charge in [-0.25, -0.2) is 9.97 Å². The van der Waals surface area contributed by atoms with Gasteiger partial charge < -0.3 is 5.32 Å². The molecule has 0 spiro atoms. The van der Waals surface area contributed by atoms with Gasteiger partial charge in [0, 0.05) is 17.1 Å². The number of hydrazine groups is 1. The van der Waals surface area contributed by atoms with Gasteiger partial charge in [-0.15, -0.1) is 0 Å². The molecule has 6 heteroatoms. The number of para-hydroxylation sites is 1. The van der Waals surface area contributed by atoms with Crippen molar-refractivity contribution in [2.45, 2.75) is 20.8 Å². The highest BCUT2D eigenvalue weighted by atomic mass is 32.1. The molecule has 0 amide bonds. The van der Waals surface area contributed by atoms with Crippen molar-refractivity contribution in [1.82, 2.24) is 15.4 Å². The lowest BCUT2D eigenvalue weighted by atomic mass is 10.2. The van der Waals surface area contributed by atoms with Crippen LogP contribution in [0.25, 0.3) is 0 Å². The maximum atomic E-state index is 5.22. The Kier molecular flexibility index (Phi) is 4.47. The molecule has 0 unspecified atom stereocenters. The van der Waals surface area contributed by atoms with Gasteiger partial charge in [0.05, 0.1) is 0 Å². The maximum absolute atomic E-state index is 5.22. The molecule has 0 bridgehead atoms. The summed E-state index contributed by atoms with van der Waals surface area (Å²) in [5.74, 6) is 0.497. The number of rotatable bonds is 3. The number of anilines is 2. The van der Waals surface area contributed by atoms with Crippen LogP contribution in [0.3, 0.4) is 0 Å². The van der Waals surface area contributed by atoms with E-state index in [-0.39, 0.29) is 0 Å². The molecule has 0 saturated heterocycles. The number of hydrogen-bond donors (Lipinski definition) is 3. The highest BCUT2D eigenvalue weighted by Crippen LogP contribution is 2.12. The number of nitrogens with zero attached hydrogens (tertiary/aromatic N) is 2. The van der Waals surface area contributed by atoms with Gasteiger partial charge in [-0.2, -0.15) is 0 Å². The first-order chi connectivity index (χ1) is 9.54. The largest absolute Gasteiger partial charge is 0.331 e. The molecule has 1 heterocycles. The summed E-state index contributed by atoms with van der Waals surface area (Å²) in [6.07, 6.45) is 0. The summed E-state index contributed by atoms with van der Waals surface area (Å²) in [7, 11) is 0. The first kappa shape index (κ1) is 14.2. The van der Waals surface area contributed by atoms with E-state index in [0.717, 1.165) is 22.6 Å². The molecule has 0 aliphatic rings. The average Bonchev–Trinajstić information content (AvgIpc) is 2.38. The number of nitrogens with one attached hydrogen (secondary N) is 3. The van der Waals surface area contributed by atoms with E-state index in [2.05, 4.69) is 26.1 Å². The van der Waals surface area contributed by atoms with E-state index >= 15 is 0 Å². The third-order valence-electron chi connectivity index (χ3n) is 2.66. The number of aromatic nitrogens is 2. The van der Waals surface area contributed by atoms with Crippen molar-refractivity contribution in [3.8, 4) is 0 Å². The third-order valence-corrected chi connectivity index (χ3v) is 2.87. The Hall–Kier alpha value is -2.21. The third kappa shape index (κ3) is 3.89. The maximum Gasteiger partial charge on any atom is 0.242 e. The normalized spacial score (nSPS) is 9.95. The zero-order valence-electron chi connectivity index (χ0n) is 11.7.